The van der Waals surface area contributed by atoms with Gasteiger partial charge in [0.05, 0.1) is 38.5 Å². The van der Waals surface area contributed by atoms with Crippen LogP contribution in [0.5, 0.6) is 11.5 Å². The number of primary amides is 1. The van der Waals surface area contributed by atoms with Gasteiger partial charge >= 0.3 is 0 Å². The van der Waals surface area contributed by atoms with Crippen molar-refractivity contribution in [1.82, 2.24) is 14.5 Å². The van der Waals surface area contributed by atoms with E-state index in [0.717, 1.165) is 38.8 Å². The van der Waals surface area contributed by atoms with Crippen molar-refractivity contribution >= 4 is 44.7 Å². The number of fused-ring (bicyclic) bond motifs is 1. The molecule has 5 rings (SSSR count). The number of amides is 2. The highest BCUT2D eigenvalue weighted by atomic mass is 32.1. The van der Waals surface area contributed by atoms with Crippen molar-refractivity contribution < 1.29 is 23.1 Å². The summed E-state index contributed by atoms with van der Waals surface area (Å²) >= 11 is 1.42. The van der Waals surface area contributed by atoms with Gasteiger partial charge in [-0.3, -0.25) is 19.5 Å². The number of anilines is 2. The minimum absolute atomic E-state index is 0.0801. The van der Waals surface area contributed by atoms with E-state index in [4.69, 9.17) is 10.5 Å². The molecule has 0 aliphatic rings. The third kappa shape index (κ3) is 5.09. The number of aryl methyl sites for hydroxylation is 1. The molecule has 0 radical (unpaired) electrons. The van der Waals surface area contributed by atoms with Crippen molar-refractivity contribution in [3.63, 3.8) is 0 Å². The highest BCUT2D eigenvalue weighted by Crippen LogP contribution is 2.40. The van der Waals surface area contributed by atoms with Crippen molar-refractivity contribution in [2.45, 2.75) is 19.9 Å². The van der Waals surface area contributed by atoms with E-state index in [0.29, 0.717) is 11.3 Å². The maximum absolute atomic E-state index is 15.3. The van der Waals surface area contributed by atoms with E-state index in [9.17, 15) is 14.0 Å². The molecule has 3 heterocycles. The van der Waals surface area contributed by atoms with Crippen molar-refractivity contribution in [1.29, 1.82) is 0 Å². The van der Waals surface area contributed by atoms with Gasteiger partial charge in [0.2, 0.25) is 11.8 Å². The third-order valence-electron chi connectivity index (χ3n) is 5.66. The summed E-state index contributed by atoms with van der Waals surface area (Å²) < 4.78 is 37.7. The van der Waals surface area contributed by atoms with Gasteiger partial charge in [-0.15, -0.1) is 11.3 Å². The first-order chi connectivity index (χ1) is 18.3. The van der Waals surface area contributed by atoms with Gasteiger partial charge in [0.25, 0.3) is 0 Å². The number of carbonyl (C=O) groups is 2. The first-order valence-corrected chi connectivity index (χ1v) is 12.4. The normalized spacial score (nSPS) is 11.0. The summed E-state index contributed by atoms with van der Waals surface area (Å²) in [6.45, 7) is 2.82. The van der Waals surface area contributed by atoms with Crippen LogP contribution in [0.4, 0.5) is 20.2 Å². The van der Waals surface area contributed by atoms with Crippen LogP contribution in [0, 0.1) is 11.6 Å². The summed E-state index contributed by atoms with van der Waals surface area (Å²) in [5.74, 6) is -2.65. The Morgan fingerprint density at radius 2 is 1.87 bits per heavy atom. The number of halogens is 2. The molecule has 0 saturated heterocycles. The second kappa shape index (κ2) is 10.4. The predicted molar refractivity (Wildman–Crippen MR) is 140 cm³/mol. The maximum Gasteiger partial charge on any atom is 0.240 e. The molecule has 192 valence electrons. The minimum atomic E-state index is -0.865. The molecule has 0 fully saturated rings. The summed E-state index contributed by atoms with van der Waals surface area (Å²) in [5.41, 5.74) is 6.87. The van der Waals surface area contributed by atoms with Crippen molar-refractivity contribution in [2.24, 2.45) is 5.73 Å². The van der Waals surface area contributed by atoms with Crippen LogP contribution in [0.3, 0.4) is 0 Å². The number of hydrogen-bond donors (Lipinski definition) is 1. The summed E-state index contributed by atoms with van der Waals surface area (Å²) in [4.78, 5) is 34.9. The molecule has 2 aromatic carbocycles. The lowest BCUT2D eigenvalue weighted by Crippen LogP contribution is -2.30. The number of hydrogen-bond acceptors (Lipinski definition) is 6. The largest absolute Gasteiger partial charge is 0.453 e. The lowest BCUT2D eigenvalue weighted by atomic mass is 10.2. The molecular weight excluding hydrogens is 512 g/mol. The van der Waals surface area contributed by atoms with Gasteiger partial charge in [-0.25, -0.2) is 13.8 Å². The molecule has 0 aliphatic carbocycles. The Labute approximate surface area is 219 Å². The topological polar surface area (TPSA) is 103 Å². The van der Waals surface area contributed by atoms with Gasteiger partial charge in [0, 0.05) is 31.1 Å². The summed E-state index contributed by atoms with van der Waals surface area (Å²) in [5, 5.41) is 0. The van der Waals surface area contributed by atoms with Gasteiger partial charge in [0.1, 0.15) is 18.0 Å². The van der Waals surface area contributed by atoms with E-state index >= 15 is 4.39 Å². The molecule has 8 nitrogen and oxygen atoms in total. The molecule has 0 unspecified atom stereocenters. The Morgan fingerprint density at radius 3 is 2.58 bits per heavy atom. The van der Waals surface area contributed by atoms with E-state index in [2.05, 4.69) is 9.97 Å². The third-order valence-corrected chi connectivity index (χ3v) is 6.82. The van der Waals surface area contributed by atoms with E-state index in [1.54, 1.807) is 18.6 Å². The lowest BCUT2D eigenvalue weighted by molar-refractivity contribution is -0.125. The zero-order chi connectivity index (χ0) is 26.8. The van der Waals surface area contributed by atoms with E-state index in [1.807, 2.05) is 23.8 Å². The predicted octanol–water partition coefficient (Wildman–Crippen LogP) is 5.79. The highest BCUT2D eigenvalue weighted by Gasteiger charge is 2.22. The number of nitrogens with two attached hydrogens (primary N) is 1. The molecule has 2 amide bonds. The average Bonchev–Trinajstić information content (AvgIpc) is 3.53. The molecule has 0 saturated carbocycles. The highest BCUT2D eigenvalue weighted by molar-refractivity contribution is 7.22. The fourth-order valence-corrected chi connectivity index (χ4v) is 4.92. The number of imidazole rings is 1. The molecule has 3 aromatic heterocycles. The molecule has 0 aliphatic heterocycles. The number of aromatic nitrogens is 3. The number of pyridine rings is 1. The SMILES string of the molecule is CCn1cnc(-c2cc3nccc(Oc4ccc(N(C(=O)CC(N)=O)c5cccc(F)c5)cc4F)c3s2)c1. The van der Waals surface area contributed by atoms with Crippen LogP contribution >= 0.6 is 11.3 Å². The van der Waals surface area contributed by atoms with Crippen LogP contribution in [0.25, 0.3) is 20.8 Å². The summed E-state index contributed by atoms with van der Waals surface area (Å²) in [6, 6.07) is 12.6. The average molecular weight is 534 g/mol. The maximum atomic E-state index is 15.3. The number of nitrogens with zero attached hydrogens (tertiary/aromatic N) is 4. The minimum Gasteiger partial charge on any atom is -0.453 e. The van der Waals surface area contributed by atoms with Crippen LogP contribution in [0.1, 0.15) is 13.3 Å². The van der Waals surface area contributed by atoms with Gasteiger partial charge in [0.15, 0.2) is 11.6 Å². The first-order valence-electron chi connectivity index (χ1n) is 11.6. The molecule has 5 aromatic rings. The zero-order valence-electron chi connectivity index (χ0n) is 20.1. The van der Waals surface area contributed by atoms with Crippen LogP contribution in [0.2, 0.25) is 0 Å². The Hall–Kier alpha value is -4.64. The molecule has 0 bridgehead atoms. The molecule has 2 N–H and O–H groups in total. The number of benzene rings is 2. The van der Waals surface area contributed by atoms with Crippen LogP contribution in [-0.2, 0) is 16.1 Å². The quantitative estimate of drug-likeness (QED) is 0.254. The Morgan fingerprint density at radius 1 is 1.05 bits per heavy atom. The first kappa shape index (κ1) is 25.0. The second-order valence-corrected chi connectivity index (χ2v) is 9.34. The van der Waals surface area contributed by atoms with Crippen LogP contribution in [0.15, 0.2) is 73.3 Å². The summed E-state index contributed by atoms with van der Waals surface area (Å²) in [7, 11) is 0. The van der Waals surface area contributed by atoms with Crippen LogP contribution < -0.4 is 15.4 Å². The molecule has 38 heavy (non-hydrogen) atoms. The number of ether oxygens (including phenoxy) is 1. The van der Waals surface area contributed by atoms with Gasteiger partial charge < -0.3 is 15.0 Å². The van der Waals surface area contributed by atoms with E-state index in [1.165, 1.54) is 41.7 Å². The lowest BCUT2D eigenvalue weighted by Gasteiger charge is -2.23. The van der Waals surface area contributed by atoms with Gasteiger partial charge in [-0.1, -0.05) is 6.07 Å². The zero-order valence-corrected chi connectivity index (χ0v) is 20.9. The summed E-state index contributed by atoms with van der Waals surface area (Å²) in [6.07, 6.45) is 4.62. The molecule has 0 atom stereocenters. The number of rotatable bonds is 8. The monoisotopic (exact) mass is 533 g/mol. The van der Waals surface area contributed by atoms with Crippen molar-refractivity contribution in [3.8, 4) is 22.1 Å². The van der Waals surface area contributed by atoms with E-state index in [-0.39, 0.29) is 17.1 Å². The van der Waals surface area contributed by atoms with Crippen molar-refractivity contribution in [3.05, 3.63) is 85.0 Å². The fourth-order valence-electron chi connectivity index (χ4n) is 3.89. The fraction of sp³-hybridized carbons (Fsp3) is 0.111. The smallest absolute Gasteiger partial charge is 0.240 e. The Balaban J connectivity index is 1.47. The molecule has 11 heteroatoms. The van der Waals surface area contributed by atoms with Crippen molar-refractivity contribution in [2.75, 3.05) is 4.90 Å². The van der Waals surface area contributed by atoms with E-state index < -0.39 is 29.9 Å². The Kier molecular flexibility index (Phi) is 6.84. The van der Waals surface area contributed by atoms with Crippen LogP contribution in [-0.4, -0.2) is 26.3 Å². The van der Waals surface area contributed by atoms with Gasteiger partial charge in [-0.05, 0) is 43.3 Å². The second-order valence-electron chi connectivity index (χ2n) is 8.29. The standard InChI is InChI=1S/C27H21F2N5O3S/c1-2-33-14-21(32-15-33)24-12-20-27(38-24)23(8-9-31-20)37-22-7-6-18(11-19(22)29)34(26(36)13-25(30)35)17-5-3-4-16(28)10-17/h3-12,14-15H,2,13H2,1H3,(H2,30,35). The molecule has 0 spiro atoms. The number of carbonyl (C=O) groups excluding carboxylic acids is 2. The molecular formula is C27H21F2N5O3S. The Bertz CT molecular complexity index is 1670. The number of thiophene rings is 1. The van der Waals surface area contributed by atoms with Gasteiger partial charge in [-0.2, -0.15) is 0 Å².